The van der Waals surface area contributed by atoms with Gasteiger partial charge in [-0.05, 0) is 43.0 Å². The number of carbonyl (C=O) groups is 3. The summed E-state index contributed by atoms with van der Waals surface area (Å²) in [4.78, 5) is 35.7. The predicted molar refractivity (Wildman–Crippen MR) is 101 cm³/mol. The third kappa shape index (κ3) is 4.94. The van der Waals surface area contributed by atoms with Gasteiger partial charge in [0.1, 0.15) is 0 Å². The maximum atomic E-state index is 12.4. The number of hydrogen-bond donors (Lipinski definition) is 3. The molecule has 1 aliphatic carbocycles. The Morgan fingerprint density at radius 1 is 0.963 bits per heavy atom. The topological polar surface area (TPSA) is 95.5 Å². The van der Waals surface area contributed by atoms with E-state index in [-0.39, 0.29) is 17.7 Å². The van der Waals surface area contributed by atoms with Gasteiger partial charge in [-0.25, -0.2) is 0 Å². The van der Waals surface area contributed by atoms with Crippen molar-refractivity contribution in [3.05, 3.63) is 65.7 Å². The molecule has 2 aromatic carbocycles. The van der Waals surface area contributed by atoms with Crippen LogP contribution >= 0.6 is 0 Å². The molecule has 0 heterocycles. The smallest absolute Gasteiger partial charge is 0.306 e. The van der Waals surface area contributed by atoms with Gasteiger partial charge >= 0.3 is 5.97 Å². The van der Waals surface area contributed by atoms with Crippen LogP contribution in [0.2, 0.25) is 0 Å². The van der Waals surface area contributed by atoms with Crippen LogP contribution in [0.15, 0.2) is 54.6 Å². The fourth-order valence-corrected chi connectivity index (χ4v) is 3.31. The number of aliphatic carboxylic acids is 1. The van der Waals surface area contributed by atoms with Gasteiger partial charge in [0.15, 0.2) is 0 Å². The highest BCUT2D eigenvalue weighted by molar-refractivity contribution is 5.97. The average molecular weight is 366 g/mol. The fourth-order valence-electron chi connectivity index (χ4n) is 3.31. The third-order valence-corrected chi connectivity index (χ3v) is 4.84. The van der Waals surface area contributed by atoms with Crippen molar-refractivity contribution >= 4 is 23.5 Å². The number of carboxylic acids is 1. The third-order valence-electron chi connectivity index (χ3n) is 4.84. The second-order valence-corrected chi connectivity index (χ2v) is 6.78. The number of amides is 2. The van der Waals surface area contributed by atoms with Crippen LogP contribution < -0.4 is 10.6 Å². The molecule has 6 nitrogen and oxygen atoms in total. The summed E-state index contributed by atoms with van der Waals surface area (Å²) in [7, 11) is 0. The molecule has 0 aromatic heterocycles. The zero-order valence-electron chi connectivity index (χ0n) is 14.9. The Labute approximate surface area is 157 Å². The summed E-state index contributed by atoms with van der Waals surface area (Å²) in [5.41, 5.74) is 1.99. The molecule has 2 amide bonds. The summed E-state index contributed by atoms with van der Waals surface area (Å²) in [6.07, 6.45) is 1.45. The van der Waals surface area contributed by atoms with Crippen molar-refractivity contribution in [1.82, 2.24) is 5.32 Å². The monoisotopic (exact) mass is 366 g/mol. The van der Waals surface area contributed by atoms with Crippen LogP contribution in [0.3, 0.4) is 0 Å². The van der Waals surface area contributed by atoms with Crippen molar-refractivity contribution in [2.24, 2.45) is 11.8 Å². The van der Waals surface area contributed by atoms with Crippen LogP contribution in [-0.4, -0.2) is 22.9 Å². The first-order valence-electron chi connectivity index (χ1n) is 8.99. The molecule has 0 spiro atoms. The van der Waals surface area contributed by atoms with E-state index in [9.17, 15) is 14.4 Å². The van der Waals surface area contributed by atoms with Crippen molar-refractivity contribution < 1.29 is 19.5 Å². The Hall–Kier alpha value is -3.15. The summed E-state index contributed by atoms with van der Waals surface area (Å²) < 4.78 is 0. The van der Waals surface area contributed by atoms with Crippen LogP contribution in [0.25, 0.3) is 0 Å². The summed E-state index contributed by atoms with van der Waals surface area (Å²) >= 11 is 0. The zero-order chi connectivity index (χ0) is 19.2. The predicted octanol–water partition coefficient (Wildman–Crippen LogP) is 3.06. The molecule has 0 radical (unpaired) electrons. The lowest BCUT2D eigenvalue weighted by Crippen LogP contribution is -2.24. The highest BCUT2D eigenvalue weighted by atomic mass is 16.4. The van der Waals surface area contributed by atoms with Gasteiger partial charge < -0.3 is 15.7 Å². The molecule has 3 N–H and O–H groups in total. The minimum atomic E-state index is -0.845. The Balaban J connectivity index is 1.57. The minimum Gasteiger partial charge on any atom is -0.481 e. The first kappa shape index (κ1) is 18.6. The maximum absolute atomic E-state index is 12.4. The van der Waals surface area contributed by atoms with Gasteiger partial charge in [-0.2, -0.15) is 0 Å². The fraction of sp³-hybridized carbons (Fsp3) is 0.286. The van der Waals surface area contributed by atoms with Crippen LogP contribution in [0.5, 0.6) is 0 Å². The molecule has 6 heteroatoms. The van der Waals surface area contributed by atoms with Crippen molar-refractivity contribution in [2.45, 2.75) is 25.8 Å². The molecule has 2 atom stereocenters. The second-order valence-electron chi connectivity index (χ2n) is 6.78. The lowest BCUT2D eigenvalue weighted by Gasteiger charge is -2.12. The highest BCUT2D eigenvalue weighted by Crippen LogP contribution is 2.32. The van der Waals surface area contributed by atoms with Gasteiger partial charge in [-0.1, -0.05) is 36.4 Å². The van der Waals surface area contributed by atoms with Crippen LogP contribution in [-0.2, 0) is 16.1 Å². The molecule has 3 rings (SSSR count). The van der Waals surface area contributed by atoms with Crippen molar-refractivity contribution in [3.63, 3.8) is 0 Å². The normalized spacial score (nSPS) is 18.7. The second kappa shape index (κ2) is 8.49. The summed E-state index contributed by atoms with van der Waals surface area (Å²) in [5, 5.41) is 14.7. The summed E-state index contributed by atoms with van der Waals surface area (Å²) in [6, 6.07) is 16.3. The number of benzene rings is 2. The lowest BCUT2D eigenvalue weighted by molar-refractivity contribution is -0.141. The maximum Gasteiger partial charge on any atom is 0.306 e. The van der Waals surface area contributed by atoms with Gasteiger partial charge in [0.25, 0.3) is 5.91 Å². The quantitative estimate of drug-likeness (QED) is 0.732. The van der Waals surface area contributed by atoms with Crippen molar-refractivity contribution in [2.75, 3.05) is 5.32 Å². The minimum absolute atomic E-state index is 0.194. The Bertz CT molecular complexity index is 835. The number of hydrogen-bond acceptors (Lipinski definition) is 3. The van der Waals surface area contributed by atoms with Gasteiger partial charge in [0.2, 0.25) is 5.91 Å². The molecule has 27 heavy (non-hydrogen) atoms. The lowest BCUT2D eigenvalue weighted by atomic mass is 10.0. The molecule has 0 unspecified atom stereocenters. The Morgan fingerprint density at radius 2 is 1.70 bits per heavy atom. The van der Waals surface area contributed by atoms with E-state index in [0.717, 1.165) is 5.56 Å². The van der Waals surface area contributed by atoms with E-state index in [2.05, 4.69) is 10.6 Å². The van der Waals surface area contributed by atoms with E-state index in [0.29, 0.717) is 37.1 Å². The molecule has 1 fully saturated rings. The molecular weight excluding hydrogens is 344 g/mol. The molecule has 1 saturated carbocycles. The van der Waals surface area contributed by atoms with Crippen molar-refractivity contribution in [3.8, 4) is 0 Å². The number of rotatable bonds is 6. The van der Waals surface area contributed by atoms with E-state index in [1.54, 1.807) is 24.3 Å². The van der Waals surface area contributed by atoms with E-state index in [4.69, 9.17) is 5.11 Å². The molecule has 2 aromatic rings. The zero-order valence-corrected chi connectivity index (χ0v) is 14.9. The van der Waals surface area contributed by atoms with Gasteiger partial charge in [-0.15, -0.1) is 0 Å². The van der Waals surface area contributed by atoms with E-state index in [1.807, 2.05) is 30.3 Å². The first-order valence-corrected chi connectivity index (χ1v) is 8.99. The standard InChI is InChI=1S/C21H22N2O4/c24-19(22-13-14-5-2-1-3-6-14)15-7-4-8-18(12-15)23-20(25)16-9-10-17(11-16)21(26)27/h1-8,12,16-17H,9-11,13H2,(H,22,24)(H,23,25)(H,26,27)/t16-,17+/m0/s1. The molecule has 1 aliphatic rings. The average Bonchev–Trinajstić information content (AvgIpc) is 3.18. The number of carbonyl (C=O) groups excluding carboxylic acids is 2. The van der Waals surface area contributed by atoms with Crippen molar-refractivity contribution in [1.29, 1.82) is 0 Å². The van der Waals surface area contributed by atoms with E-state index in [1.165, 1.54) is 0 Å². The number of carboxylic acid groups (broad SMARTS) is 1. The van der Waals surface area contributed by atoms with Crippen LogP contribution in [0, 0.1) is 11.8 Å². The molecule has 0 aliphatic heterocycles. The SMILES string of the molecule is O=C(NCc1ccccc1)c1cccc(NC(=O)[C@H]2CC[C@@H](C(=O)O)C2)c1. The molecule has 140 valence electrons. The molecular formula is C21H22N2O4. The van der Waals surface area contributed by atoms with E-state index < -0.39 is 11.9 Å². The Morgan fingerprint density at radius 3 is 2.41 bits per heavy atom. The largest absolute Gasteiger partial charge is 0.481 e. The van der Waals surface area contributed by atoms with Crippen LogP contribution in [0.1, 0.15) is 35.2 Å². The van der Waals surface area contributed by atoms with Gasteiger partial charge in [0.05, 0.1) is 5.92 Å². The van der Waals surface area contributed by atoms with Gasteiger partial charge in [0, 0.05) is 23.7 Å². The number of anilines is 1. The first-order chi connectivity index (χ1) is 13.0. The summed E-state index contributed by atoms with van der Waals surface area (Å²) in [5.74, 6) is -2.01. The molecule has 0 saturated heterocycles. The Kier molecular flexibility index (Phi) is 5.86. The number of nitrogens with one attached hydrogen (secondary N) is 2. The highest BCUT2D eigenvalue weighted by Gasteiger charge is 2.33. The van der Waals surface area contributed by atoms with Gasteiger partial charge in [-0.3, -0.25) is 14.4 Å². The van der Waals surface area contributed by atoms with E-state index >= 15 is 0 Å². The molecule has 0 bridgehead atoms. The van der Waals surface area contributed by atoms with Crippen LogP contribution in [0.4, 0.5) is 5.69 Å². The summed E-state index contributed by atoms with van der Waals surface area (Å²) in [6.45, 7) is 0.426.